The summed E-state index contributed by atoms with van der Waals surface area (Å²) < 4.78 is 4.91. The van der Waals surface area contributed by atoms with Crippen molar-refractivity contribution in [3.05, 3.63) is 52.9 Å². The average molecular weight is 292 g/mol. The third kappa shape index (κ3) is 1.87. The molecule has 0 aliphatic carbocycles. The van der Waals surface area contributed by atoms with Crippen molar-refractivity contribution in [2.75, 3.05) is 11.4 Å². The van der Waals surface area contributed by atoms with Gasteiger partial charge in [-0.2, -0.15) is 0 Å². The van der Waals surface area contributed by atoms with Crippen LogP contribution in [0.15, 0.2) is 41.0 Å². The summed E-state index contributed by atoms with van der Waals surface area (Å²) in [6, 6.07) is 8.44. The van der Waals surface area contributed by atoms with Crippen LogP contribution in [0.5, 0.6) is 0 Å². The van der Waals surface area contributed by atoms with Crippen LogP contribution in [0.1, 0.15) is 21.8 Å². The lowest BCUT2D eigenvalue weighted by Gasteiger charge is -2.16. The number of halogens is 1. The zero-order valence-electron chi connectivity index (χ0n) is 10.2. The molecule has 1 aliphatic rings. The number of rotatable bonds is 2. The van der Waals surface area contributed by atoms with Gasteiger partial charge in [0.2, 0.25) is 5.22 Å². The lowest BCUT2D eigenvalue weighted by Crippen LogP contribution is -2.31. The number of carbonyl (C=O) groups is 2. The average Bonchev–Trinajstić information content (AvgIpc) is 3.01. The molecule has 0 radical (unpaired) electrons. The number of para-hydroxylation sites is 1. The summed E-state index contributed by atoms with van der Waals surface area (Å²) in [6.07, 6.45) is 1.33. The minimum absolute atomic E-state index is 0.00579. The first kappa shape index (κ1) is 12.7. The lowest BCUT2D eigenvalue weighted by molar-refractivity contribution is -0.138. The number of hydrogen-bond donors (Lipinski definition) is 1. The summed E-state index contributed by atoms with van der Waals surface area (Å²) in [4.78, 5) is 25.2. The smallest absolute Gasteiger partial charge is 0.312 e. The van der Waals surface area contributed by atoms with E-state index < -0.39 is 11.9 Å². The maximum Gasteiger partial charge on any atom is 0.312 e. The van der Waals surface area contributed by atoms with Gasteiger partial charge >= 0.3 is 5.97 Å². The van der Waals surface area contributed by atoms with E-state index in [1.165, 1.54) is 17.2 Å². The number of anilines is 1. The maximum absolute atomic E-state index is 12.4. The topological polar surface area (TPSA) is 70.8 Å². The number of benzene rings is 1. The summed E-state index contributed by atoms with van der Waals surface area (Å²) in [5, 5.41) is 9.27. The molecule has 1 aromatic carbocycles. The number of fused-ring (bicyclic) bond motifs is 1. The molecule has 0 saturated heterocycles. The second-order valence-corrected chi connectivity index (χ2v) is 4.82. The minimum atomic E-state index is -0.953. The normalized spacial score (nSPS) is 17.1. The van der Waals surface area contributed by atoms with Crippen LogP contribution in [0, 0.1) is 0 Å². The van der Waals surface area contributed by atoms with E-state index in [1.54, 1.807) is 24.3 Å². The Kier molecular flexibility index (Phi) is 2.99. The number of furan rings is 1. The molecule has 1 unspecified atom stereocenters. The Morgan fingerprint density at radius 3 is 2.70 bits per heavy atom. The van der Waals surface area contributed by atoms with E-state index in [-0.39, 0.29) is 23.2 Å². The molecule has 0 fully saturated rings. The third-order valence-electron chi connectivity index (χ3n) is 3.36. The summed E-state index contributed by atoms with van der Waals surface area (Å²) in [5.41, 5.74) is 1.46. The van der Waals surface area contributed by atoms with E-state index in [0.717, 1.165) is 0 Å². The number of amides is 1. The fourth-order valence-electron chi connectivity index (χ4n) is 2.40. The fourth-order valence-corrected chi connectivity index (χ4v) is 2.60. The molecule has 102 valence electrons. The molecule has 5 nitrogen and oxygen atoms in total. The van der Waals surface area contributed by atoms with Gasteiger partial charge in [-0.05, 0) is 29.3 Å². The fraction of sp³-hybridized carbons (Fsp3) is 0.143. The Morgan fingerprint density at radius 1 is 1.30 bits per heavy atom. The minimum Gasteiger partial charge on any atom is -0.481 e. The summed E-state index contributed by atoms with van der Waals surface area (Å²) in [5.74, 6) is -2.04. The highest BCUT2D eigenvalue weighted by molar-refractivity contribution is 6.33. The predicted molar refractivity (Wildman–Crippen MR) is 72.2 cm³/mol. The van der Waals surface area contributed by atoms with Crippen molar-refractivity contribution in [1.82, 2.24) is 0 Å². The summed E-state index contributed by atoms with van der Waals surface area (Å²) in [7, 11) is 0. The largest absolute Gasteiger partial charge is 0.481 e. The number of carboxylic acid groups (broad SMARTS) is 1. The van der Waals surface area contributed by atoms with Gasteiger partial charge in [-0.25, -0.2) is 0 Å². The van der Waals surface area contributed by atoms with Crippen LogP contribution >= 0.6 is 11.6 Å². The second-order valence-electron chi connectivity index (χ2n) is 4.47. The number of hydrogen-bond acceptors (Lipinski definition) is 3. The van der Waals surface area contributed by atoms with Crippen LogP contribution in [0.2, 0.25) is 5.22 Å². The highest BCUT2D eigenvalue weighted by Gasteiger charge is 2.37. The van der Waals surface area contributed by atoms with E-state index in [2.05, 4.69) is 0 Å². The molecule has 0 spiro atoms. The van der Waals surface area contributed by atoms with E-state index >= 15 is 0 Å². The summed E-state index contributed by atoms with van der Waals surface area (Å²) >= 11 is 5.81. The van der Waals surface area contributed by atoms with Gasteiger partial charge in [0.15, 0.2) is 0 Å². The number of carbonyl (C=O) groups excluding carboxylic acids is 1. The molecule has 3 rings (SSSR count). The molecular formula is C14H10ClNO4. The van der Waals surface area contributed by atoms with Crippen LogP contribution in [-0.4, -0.2) is 23.5 Å². The van der Waals surface area contributed by atoms with E-state index in [0.29, 0.717) is 11.3 Å². The maximum atomic E-state index is 12.4. The highest BCUT2D eigenvalue weighted by Crippen LogP contribution is 2.37. The summed E-state index contributed by atoms with van der Waals surface area (Å²) in [6.45, 7) is 0.0923. The monoisotopic (exact) mass is 291 g/mol. The molecule has 0 saturated carbocycles. The van der Waals surface area contributed by atoms with Crippen molar-refractivity contribution in [2.45, 2.75) is 5.92 Å². The first-order valence-electron chi connectivity index (χ1n) is 5.96. The van der Waals surface area contributed by atoms with Gasteiger partial charge in [0.05, 0.1) is 11.8 Å². The Hall–Kier alpha value is -2.27. The van der Waals surface area contributed by atoms with Crippen LogP contribution in [0.25, 0.3) is 0 Å². The van der Waals surface area contributed by atoms with Crippen molar-refractivity contribution in [3.63, 3.8) is 0 Å². The predicted octanol–water partition coefficient (Wildman–Crippen LogP) is 2.76. The van der Waals surface area contributed by atoms with Crippen molar-refractivity contribution < 1.29 is 19.1 Å². The molecule has 1 atom stereocenters. The van der Waals surface area contributed by atoms with Crippen molar-refractivity contribution >= 4 is 29.2 Å². The van der Waals surface area contributed by atoms with Crippen molar-refractivity contribution in [2.24, 2.45) is 0 Å². The molecule has 6 heteroatoms. The molecule has 20 heavy (non-hydrogen) atoms. The van der Waals surface area contributed by atoms with Crippen LogP contribution < -0.4 is 4.90 Å². The molecule has 1 aliphatic heterocycles. The number of nitrogens with zero attached hydrogens (tertiary/aromatic N) is 1. The van der Waals surface area contributed by atoms with E-state index in [4.69, 9.17) is 16.0 Å². The molecule has 1 N–H and O–H groups in total. The Bertz CT molecular complexity index is 694. The van der Waals surface area contributed by atoms with Crippen molar-refractivity contribution in [3.8, 4) is 0 Å². The van der Waals surface area contributed by atoms with Gasteiger partial charge in [0.25, 0.3) is 5.91 Å². The second kappa shape index (κ2) is 4.68. The molecular weight excluding hydrogens is 282 g/mol. The van der Waals surface area contributed by atoms with Gasteiger partial charge in [-0.1, -0.05) is 18.2 Å². The molecule has 2 aromatic rings. The van der Waals surface area contributed by atoms with Gasteiger partial charge in [-0.3, -0.25) is 9.59 Å². The quantitative estimate of drug-likeness (QED) is 0.923. The first-order valence-corrected chi connectivity index (χ1v) is 6.34. The zero-order chi connectivity index (χ0) is 14.3. The highest BCUT2D eigenvalue weighted by atomic mass is 35.5. The molecule has 1 aromatic heterocycles. The molecule has 2 heterocycles. The standard InChI is InChI=1S/C14H10ClNO4/c15-12-9(5-6-20-12)13(17)16-7-10(14(18)19)8-3-1-2-4-11(8)16/h1-6,10H,7H2,(H,18,19). The van der Waals surface area contributed by atoms with Gasteiger partial charge < -0.3 is 14.4 Å². The number of carboxylic acids is 1. The van der Waals surface area contributed by atoms with E-state index in [1.807, 2.05) is 0 Å². The molecule has 0 bridgehead atoms. The third-order valence-corrected chi connectivity index (χ3v) is 3.65. The Morgan fingerprint density at radius 2 is 2.05 bits per heavy atom. The van der Waals surface area contributed by atoms with Crippen LogP contribution in [0.3, 0.4) is 0 Å². The SMILES string of the molecule is O=C(O)C1CN(C(=O)c2ccoc2Cl)c2ccccc21. The van der Waals surface area contributed by atoms with Crippen LogP contribution in [-0.2, 0) is 4.79 Å². The lowest BCUT2D eigenvalue weighted by atomic mass is 10.0. The van der Waals surface area contributed by atoms with Crippen LogP contribution in [0.4, 0.5) is 5.69 Å². The zero-order valence-corrected chi connectivity index (χ0v) is 11.0. The van der Waals surface area contributed by atoms with Crippen molar-refractivity contribution in [1.29, 1.82) is 0 Å². The number of aliphatic carboxylic acids is 1. The Balaban J connectivity index is 2.03. The van der Waals surface area contributed by atoms with Gasteiger partial charge in [0.1, 0.15) is 5.92 Å². The Labute approximate surface area is 119 Å². The van der Waals surface area contributed by atoms with Gasteiger partial charge in [-0.15, -0.1) is 0 Å². The molecule has 1 amide bonds. The van der Waals surface area contributed by atoms with E-state index in [9.17, 15) is 14.7 Å². The van der Waals surface area contributed by atoms with Gasteiger partial charge in [0, 0.05) is 12.2 Å². The first-order chi connectivity index (χ1) is 9.59.